The van der Waals surface area contributed by atoms with E-state index in [1.807, 2.05) is 13.0 Å². The lowest BCUT2D eigenvalue weighted by Crippen LogP contribution is -2.14. The molecule has 0 fully saturated rings. The van der Waals surface area contributed by atoms with Crippen LogP contribution in [0.25, 0.3) is 0 Å². The number of carbonyl (C=O) groups excluding carboxylic acids is 1. The van der Waals surface area contributed by atoms with Crippen molar-refractivity contribution in [2.24, 2.45) is 0 Å². The number of carbonyl (C=O) groups is 1. The molecule has 0 saturated carbocycles. The topological polar surface area (TPSA) is 29.1 Å². The average Bonchev–Trinajstić information content (AvgIpc) is 2.37. The molecule has 5 heteroatoms. The summed E-state index contributed by atoms with van der Waals surface area (Å²) in [5, 5.41) is 2.54. The molecular weight excluding hydrogens is 363 g/mol. The molecule has 1 N–H and O–H groups in total. The van der Waals surface area contributed by atoms with Gasteiger partial charge >= 0.3 is 0 Å². The van der Waals surface area contributed by atoms with E-state index in [1.165, 1.54) is 6.07 Å². The Morgan fingerprint density at radius 3 is 2.58 bits per heavy atom. The summed E-state index contributed by atoms with van der Waals surface area (Å²) in [5.74, 6) is -2.28. The Morgan fingerprint density at radius 2 is 1.89 bits per heavy atom. The second kappa shape index (κ2) is 5.64. The van der Waals surface area contributed by atoms with E-state index in [2.05, 4.69) is 27.9 Å². The lowest BCUT2D eigenvalue weighted by molar-refractivity contribution is 0.102. The van der Waals surface area contributed by atoms with Gasteiger partial charge in [0.25, 0.3) is 5.91 Å². The second-order valence-electron chi connectivity index (χ2n) is 4.02. The summed E-state index contributed by atoms with van der Waals surface area (Å²) >= 11 is 2.08. The van der Waals surface area contributed by atoms with Gasteiger partial charge in [0.2, 0.25) is 0 Å². The number of anilines is 1. The van der Waals surface area contributed by atoms with Gasteiger partial charge in [-0.1, -0.05) is 12.1 Å². The SMILES string of the molecule is Cc1cccc(C(=O)Nc2ccc(F)c(F)c2)c1I. The van der Waals surface area contributed by atoms with E-state index in [4.69, 9.17) is 0 Å². The molecule has 0 radical (unpaired) electrons. The van der Waals surface area contributed by atoms with Crippen LogP contribution in [0, 0.1) is 22.1 Å². The van der Waals surface area contributed by atoms with E-state index in [9.17, 15) is 13.6 Å². The highest BCUT2D eigenvalue weighted by Crippen LogP contribution is 2.19. The zero-order valence-corrected chi connectivity index (χ0v) is 12.2. The van der Waals surface area contributed by atoms with Crippen LogP contribution in [0.15, 0.2) is 36.4 Å². The lowest BCUT2D eigenvalue weighted by Gasteiger charge is -2.08. The Kier molecular flexibility index (Phi) is 4.14. The van der Waals surface area contributed by atoms with Gasteiger partial charge in [-0.15, -0.1) is 0 Å². The molecule has 0 atom stereocenters. The van der Waals surface area contributed by atoms with Gasteiger partial charge < -0.3 is 5.32 Å². The molecule has 0 spiro atoms. The molecule has 0 aliphatic heterocycles. The number of aryl methyl sites for hydroxylation is 1. The molecule has 1 amide bonds. The molecule has 0 heterocycles. The maximum absolute atomic E-state index is 13.0. The van der Waals surface area contributed by atoms with Gasteiger partial charge in [0.15, 0.2) is 11.6 Å². The fourth-order valence-electron chi connectivity index (χ4n) is 1.60. The minimum Gasteiger partial charge on any atom is -0.322 e. The van der Waals surface area contributed by atoms with Crippen molar-refractivity contribution < 1.29 is 13.6 Å². The van der Waals surface area contributed by atoms with Crippen LogP contribution in [0.5, 0.6) is 0 Å². The number of rotatable bonds is 2. The van der Waals surface area contributed by atoms with Crippen LogP contribution in [0.2, 0.25) is 0 Å². The Bertz CT molecular complexity index is 643. The highest BCUT2D eigenvalue weighted by molar-refractivity contribution is 14.1. The van der Waals surface area contributed by atoms with Crippen molar-refractivity contribution in [3.63, 3.8) is 0 Å². The molecular formula is C14H10F2INO. The molecule has 2 rings (SSSR count). The largest absolute Gasteiger partial charge is 0.322 e. The predicted molar refractivity (Wildman–Crippen MR) is 78.2 cm³/mol. The molecule has 0 saturated heterocycles. The third-order valence-electron chi connectivity index (χ3n) is 2.61. The number of hydrogen-bond acceptors (Lipinski definition) is 1. The summed E-state index contributed by atoms with van der Waals surface area (Å²) in [6, 6.07) is 8.61. The van der Waals surface area contributed by atoms with Crippen molar-refractivity contribution in [3.05, 3.63) is 62.7 Å². The maximum atomic E-state index is 13.0. The average molecular weight is 373 g/mol. The number of halogens is 3. The van der Waals surface area contributed by atoms with Crippen molar-refractivity contribution in [2.75, 3.05) is 5.32 Å². The highest BCUT2D eigenvalue weighted by atomic mass is 127. The van der Waals surface area contributed by atoms with Crippen LogP contribution >= 0.6 is 22.6 Å². The van der Waals surface area contributed by atoms with Crippen LogP contribution in [0.4, 0.5) is 14.5 Å². The van der Waals surface area contributed by atoms with Crippen molar-refractivity contribution >= 4 is 34.2 Å². The van der Waals surface area contributed by atoms with Crippen LogP contribution in [0.3, 0.4) is 0 Å². The van der Waals surface area contributed by atoms with Gasteiger partial charge in [0.05, 0.1) is 5.56 Å². The monoisotopic (exact) mass is 373 g/mol. The van der Waals surface area contributed by atoms with Crippen molar-refractivity contribution in [2.45, 2.75) is 6.92 Å². The van der Waals surface area contributed by atoms with E-state index in [-0.39, 0.29) is 11.6 Å². The van der Waals surface area contributed by atoms with Gasteiger partial charge in [-0.05, 0) is 53.3 Å². The Morgan fingerprint density at radius 1 is 1.16 bits per heavy atom. The zero-order chi connectivity index (χ0) is 14.0. The molecule has 2 aromatic rings. The van der Waals surface area contributed by atoms with Crippen LogP contribution in [0.1, 0.15) is 15.9 Å². The van der Waals surface area contributed by atoms with Crippen LogP contribution < -0.4 is 5.32 Å². The molecule has 98 valence electrons. The van der Waals surface area contributed by atoms with Crippen molar-refractivity contribution in [3.8, 4) is 0 Å². The summed E-state index contributed by atoms with van der Waals surface area (Å²) in [6.45, 7) is 1.90. The molecule has 2 aromatic carbocycles. The lowest BCUT2D eigenvalue weighted by atomic mass is 10.1. The Balaban J connectivity index is 2.26. The third kappa shape index (κ3) is 3.09. The normalized spacial score (nSPS) is 10.3. The fraction of sp³-hybridized carbons (Fsp3) is 0.0714. The predicted octanol–water partition coefficient (Wildman–Crippen LogP) is 4.13. The first-order valence-electron chi connectivity index (χ1n) is 5.50. The molecule has 0 bridgehead atoms. The first-order chi connectivity index (χ1) is 8.99. The smallest absolute Gasteiger partial charge is 0.256 e. The van der Waals surface area contributed by atoms with Crippen molar-refractivity contribution in [1.29, 1.82) is 0 Å². The molecule has 0 aliphatic rings. The van der Waals surface area contributed by atoms with Gasteiger partial charge in [0, 0.05) is 15.3 Å². The first kappa shape index (κ1) is 13.9. The van der Waals surface area contributed by atoms with Gasteiger partial charge in [-0.2, -0.15) is 0 Å². The Labute approximate surface area is 123 Å². The zero-order valence-electron chi connectivity index (χ0n) is 10.0. The first-order valence-corrected chi connectivity index (χ1v) is 6.58. The summed E-state index contributed by atoms with van der Waals surface area (Å²) in [4.78, 5) is 12.1. The minimum atomic E-state index is -0.989. The van der Waals surface area contributed by atoms with Crippen molar-refractivity contribution in [1.82, 2.24) is 0 Å². The highest BCUT2D eigenvalue weighted by Gasteiger charge is 2.12. The third-order valence-corrected chi connectivity index (χ3v) is 4.05. The quantitative estimate of drug-likeness (QED) is 0.789. The van der Waals surface area contributed by atoms with E-state index >= 15 is 0 Å². The second-order valence-corrected chi connectivity index (χ2v) is 5.10. The fourth-order valence-corrected chi connectivity index (χ4v) is 2.20. The van der Waals surface area contributed by atoms with Gasteiger partial charge in [-0.25, -0.2) is 8.78 Å². The summed E-state index contributed by atoms with van der Waals surface area (Å²) < 4.78 is 26.7. The number of hydrogen-bond donors (Lipinski definition) is 1. The summed E-state index contributed by atoms with van der Waals surface area (Å²) in [5.41, 5.74) is 1.71. The summed E-state index contributed by atoms with van der Waals surface area (Å²) in [6.07, 6.45) is 0. The van der Waals surface area contributed by atoms with Crippen LogP contribution in [-0.2, 0) is 0 Å². The maximum Gasteiger partial charge on any atom is 0.256 e. The standard InChI is InChI=1S/C14H10F2INO/c1-8-3-2-4-10(13(8)17)14(19)18-9-5-6-11(15)12(16)7-9/h2-7H,1H3,(H,18,19). The molecule has 19 heavy (non-hydrogen) atoms. The Hall–Kier alpha value is -1.50. The molecule has 0 unspecified atom stereocenters. The van der Waals surface area contributed by atoms with E-state index in [1.54, 1.807) is 12.1 Å². The van der Waals surface area contributed by atoms with E-state index in [0.717, 1.165) is 21.3 Å². The van der Waals surface area contributed by atoms with Gasteiger partial charge in [-0.3, -0.25) is 4.79 Å². The van der Waals surface area contributed by atoms with Crippen LogP contribution in [-0.4, -0.2) is 5.91 Å². The van der Waals surface area contributed by atoms with E-state index < -0.39 is 11.6 Å². The molecule has 2 nitrogen and oxygen atoms in total. The summed E-state index contributed by atoms with van der Waals surface area (Å²) in [7, 11) is 0. The molecule has 0 aliphatic carbocycles. The van der Waals surface area contributed by atoms with E-state index in [0.29, 0.717) is 5.56 Å². The number of nitrogens with one attached hydrogen (secondary N) is 1. The number of benzene rings is 2. The molecule has 0 aromatic heterocycles. The number of amides is 1. The minimum absolute atomic E-state index is 0.223. The van der Waals surface area contributed by atoms with Gasteiger partial charge in [0.1, 0.15) is 0 Å².